The zero-order valence-electron chi connectivity index (χ0n) is 10.0. The molecule has 6 nitrogen and oxygen atoms in total. The van der Waals surface area contributed by atoms with E-state index in [1.807, 2.05) is 0 Å². The van der Waals surface area contributed by atoms with E-state index in [0.717, 1.165) is 6.07 Å². The number of carbonyl (C=O) groups excluding carboxylic acids is 1. The number of rotatable bonds is 3. The fourth-order valence-corrected chi connectivity index (χ4v) is 2.01. The minimum Gasteiger partial charge on any atom is -0.368 e. The lowest BCUT2D eigenvalue weighted by Gasteiger charge is -2.13. The largest absolute Gasteiger partial charge is 0.368 e. The van der Waals surface area contributed by atoms with Gasteiger partial charge in [-0.3, -0.25) is 14.9 Å². The predicted octanol–water partition coefficient (Wildman–Crippen LogP) is 1.52. The van der Waals surface area contributed by atoms with Gasteiger partial charge >= 0.3 is 5.69 Å². The predicted molar refractivity (Wildman–Crippen MR) is 62.7 cm³/mol. The van der Waals surface area contributed by atoms with Crippen molar-refractivity contribution in [1.29, 1.82) is 0 Å². The van der Waals surface area contributed by atoms with E-state index >= 15 is 0 Å². The van der Waals surface area contributed by atoms with Crippen molar-refractivity contribution in [3.05, 3.63) is 33.9 Å². The Hall–Kier alpha value is -2.25. The fraction of sp³-hybridized carbons (Fsp3) is 0.364. The van der Waals surface area contributed by atoms with Gasteiger partial charge in [0.25, 0.3) is 0 Å². The van der Waals surface area contributed by atoms with E-state index in [-0.39, 0.29) is 11.6 Å². The Labute approximate surface area is 107 Å². The van der Waals surface area contributed by atoms with Crippen LogP contribution >= 0.6 is 0 Å². The van der Waals surface area contributed by atoms with Crippen LogP contribution in [0.1, 0.15) is 6.42 Å². The van der Waals surface area contributed by atoms with Crippen LogP contribution in [-0.4, -0.2) is 35.4 Å². The molecule has 1 aliphatic heterocycles. The second-order valence-corrected chi connectivity index (χ2v) is 4.29. The summed E-state index contributed by atoms with van der Waals surface area (Å²) >= 11 is 0. The van der Waals surface area contributed by atoms with Crippen LogP contribution < -0.4 is 5.32 Å². The smallest absolute Gasteiger partial charge is 0.327 e. The van der Waals surface area contributed by atoms with E-state index in [2.05, 4.69) is 5.32 Å². The number of likely N-dealkylation sites (N-methyl/N-ethyl adjacent to an activating group) is 1. The van der Waals surface area contributed by atoms with Crippen LogP contribution in [0.4, 0.5) is 20.2 Å². The van der Waals surface area contributed by atoms with Gasteiger partial charge in [0.15, 0.2) is 0 Å². The van der Waals surface area contributed by atoms with E-state index in [9.17, 15) is 23.7 Å². The first-order valence-electron chi connectivity index (χ1n) is 5.55. The number of hydrogen-bond acceptors (Lipinski definition) is 4. The summed E-state index contributed by atoms with van der Waals surface area (Å²) in [6.07, 6.45) is 0.421. The first kappa shape index (κ1) is 13.2. The lowest BCUT2D eigenvalue weighted by molar-refractivity contribution is -0.386. The molecule has 1 amide bonds. The van der Waals surface area contributed by atoms with Gasteiger partial charge in [0, 0.05) is 25.7 Å². The third kappa shape index (κ3) is 2.47. The van der Waals surface area contributed by atoms with Crippen molar-refractivity contribution >= 4 is 17.3 Å². The van der Waals surface area contributed by atoms with Gasteiger partial charge in [-0.2, -0.15) is 4.39 Å². The number of carbonyl (C=O) groups is 1. The monoisotopic (exact) mass is 271 g/mol. The number of nitro groups is 1. The van der Waals surface area contributed by atoms with Gasteiger partial charge in [0.2, 0.25) is 11.7 Å². The summed E-state index contributed by atoms with van der Waals surface area (Å²) in [5.74, 6) is -2.48. The maximum atomic E-state index is 13.4. The van der Waals surface area contributed by atoms with Crippen molar-refractivity contribution in [2.45, 2.75) is 12.5 Å². The second kappa shape index (κ2) is 4.79. The number of nitrogens with one attached hydrogen (secondary N) is 1. The first-order chi connectivity index (χ1) is 8.90. The average Bonchev–Trinajstić information content (AvgIpc) is 2.59. The van der Waals surface area contributed by atoms with E-state index < -0.39 is 28.3 Å². The first-order valence-corrected chi connectivity index (χ1v) is 5.55. The zero-order chi connectivity index (χ0) is 14.2. The molecule has 1 N–H and O–H groups in total. The van der Waals surface area contributed by atoms with Gasteiger partial charge < -0.3 is 10.2 Å². The maximum absolute atomic E-state index is 13.4. The highest BCUT2D eigenvalue weighted by Crippen LogP contribution is 2.30. The highest BCUT2D eigenvalue weighted by Gasteiger charge is 2.32. The summed E-state index contributed by atoms with van der Waals surface area (Å²) in [6, 6.07) is 0.545. The molecule has 1 saturated heterocycles. The van der Waals surface area contributed by atoms with Crippen molar-refractivity contribution in [1.82, 2.24) is 4.90 Å². The average molecular weight is 271 g/mol. The summed E-state index contributed by atoms with van der Waals surface area (Å²) in [5, 5.41) is 13.3. The minimum atomic E-state index is -1.27. The summed E-state index contributed by atoms with van der Waals surface area (Å²) in [4.78, 5) is 22.9. The third-order valence-electron chi connectivity index (χ3n) is 2.97. The van der Waals surface area contributed by atoms with E-state index in [1.165, 1.54) is 4.90 Å². The quantitative estimate of drug-likeness (QED) is 0.668. The standard InChI is InChI=1S/C11H11F2N3O3/c1-15-3-2-8(11(15)17)14-9-5-6(12)4-7(13)10(9)16(18)19/h4-5,8,14H,2-3H2,1H3. The number of hydrogen-bond donors (Lipinski definition) is 1. The van der Waals surface area contributed by atoms with Crippen LogP contribution in [0.25, 0.3) is 0 Å². The molecule has 0 radical (unpaired) electrons. The molecule has 19 heavy (non-hydrogen) atoms. The Bertz CT molecular complexity index is 550. The lowest BCUT2D eigenvalue weighted by atomic mass is 10.2. The highest BCUT2D eigenvalue weighted by atomic mass is 19.1. The van der Waals surface area contributed by atoms with Crippen molar-refractivity contribution < 1.29 is 18.5 Å². The van der Waals surface area contributed by atoms with Gasteiger partial charge in [-0.1, -0.05) is 0 Å². The van der Waals surface area contributed by atoms with Gasteiger partial charge in [-0.15, -0.1) is 0 Å². The molecule has 1 aromatic rings. The molecule has 1 unspecified atom stereocenters. The molecule has 1 aliphatic rings. The van der Waals surface area contributed by atoms with Crippen LogP contribution in [0.3, 0.4) is 0 Å². The molecule has 1 heterocycles. The summed E-state index contributed by atoms with van der Waals surface area (Å²) in [5.41, 5.74) is -1.18. The van der Waals surface area contributed by atoms with Gasteiger partial charge in [0.1, 0.15) is 17.5 Å². The molecular weight excluding hydrogens is 260 g/mol. The number of likely N-dealkylation sites (tertiary alicyclic amines) is 1. The molecule has 102 valence electrons. The minimum absolute atomic E-state index is 0.265. The van der Waals surface area contributed by atoms with Crippen LogP contribution in [0.15, 0.2) is 12.1 Å². The van der Waals surface area contributed by atoms with Crippen LogP contribution in [-0.2, 0) is 4.79 Å². The molecule has 0 spiro atoms. The van der Waals surface area contributed by atoms with E-state index in [0.29, 0.717) is 19.0 Å². The molecular formula is C11H11F2N3O3. The van der Waals surface area contributed by atoms with Crippen LogP contribution in [0.5, 0.6) is 0 Å². The Balaban J connectivity index is 2.34. The van der Waals surface area contributed by atoms with Gasteiger partial charge in [0.05, 0.1) is 4.92 Å². The number of nitro benzene ring substituents is 1. The van der Waals surface area contributed by atoms with Gasteiger partial charge in [-0.25, -0.2) is 4.39 Å². The topological polar surface area (TPSA) is 75.5 Å². The van der Waals surface area contributed by atoms with E-state index in [1.54, 1.807) is 7.05 Å². The number of nitrogens with zero attached hydrogens (tertiary/aromatic N) is 2. The molecule has 1 fully saturated rings. The molecule has 0 aliphatic carbocycles. The number of halogens is 2. The summed E-state index contributed by atoms with van der Waals surface area (Å²) < 4.78 is 26.5. The van der Waals surface area contributed by atoms with Crippen LogP contribution in [0, 0.1) is 21.7 Å². The Kier molecular flexibility index (Phi) is 3.32. The fourth-order valence-electron chi connectivity index (χ4n) is 2.01. The Morgan fingerprint density at radius 2 is 2.16 bits per heavy atom. The molecule has 1 aromatic carbocycles. The molecule has 8 heteroatoms. The summed E-state index contributed by atoms with van der Waals surface area (Å²) in [6.45, 7) is 0.488. The molecule has 0 saturated carbocycles. The van der Waals surface area contributed by atoms with Crippen molar-refractivity contribution in [3.8, 4) is 0 Å². The normalized spacial score (nSPS) is 18.8. The highest BCUT2D eigenvalue weighted by molar-refractivity contribution is 5.87. The molecule has 0 bridgehead atoms. The van der Waals surface area contributed by atoms with E-state index in [4.69, 9.17) is 0 Å². The molecule has 1 atom stereocenters. The SMILES string of the molecule is CN1CCC(Nc2cc(F)cc(F)c2[N+](=O)[O-])C1=O. The lowest BCUT2D eigenvalue weighted by Crippen LogP contribution is -2.31. The van der Waals surface area contributed by atoms with Crippen molar-refractivity contribution in [3.63, 3.8) is 0 Å². The summed E-state index contributed by atoms with van der Waals surface area (Å²) in [7, 11) is 1.59. The number of amides is 1. The van der Waals surface area contributed by atoms with Crippen molar-refractivity contribution in [2.75, 3.05) is 18.9 Å². The zero-order valence-corrected chi connectivity index (χ0v) is 10.0. The maximum Gasteiger partial charge on any atom is 0.327 e. The Morgan fingerprint density at radius 1 is 1.47 bits per heavy atom. The third-order valence-corrected chi connectivity index (χ3v) is 2.97. The molecule has 0 aromatic heterocycles. The molecule has 2 rings (SSSR count). The van der Waals surface area contributed by atoms with Crippen LogP contribution in [0.2, 0.25) is 0 Å². The Morgan fingerprint density at radius 3 is 2.68 bits per heavy atom. The second-order valence-electron chi connectivity index (χ2n) is 4.29. The number of benzene rings is 1. The van der Waals surface area contributed by atoms with Crippen molar-refractivity contribution in [2.24, 2.45) is 0 Å². The number of anilines is 1. The van der Waals surface area contributed by atoms with Gasteiger partial charge in [-0.05, 0) is 6.42 Å².